The average Bonchev–Trinajstić information content (AvgIpc) is 3.38. The second-order valence-electron chi connectivity index (χ2n) is 10.1. The summed E-state index contributed by atoms with van der Waals surface area (Å²) in [6, 6.07) is 9.37. The summed E-state index contributed by atoms with van der Waals surface area (Å²) in [5.74, 6) is 1.72. The van der Waals surface area contributed by atoms with Crippen LogP contribution < -0.4 is 15.4 Å². The molecule has 3 aliphatic rings. The van der Waals surface area contributed by atoms with Crippen molar-refractivity contribution in [3.63, 3.8) is 0 Å². The van der Waals surface area contributed by atoms with E-state index in [9.17, 15) is 9.18 Å². The van der Waals surface area contributed by atoms with Crippen molar-refractivity contribution < 1.29 is 13.9 Å². The molecule has 0 radical (unpaired) electrons. The number of halogens is 1. The number of nitrogens with zero attached hydrogens (tertiary/aromatic N) is 1. The molecule has 0 fully saturated rings. The number of carbonyl (C=O) groups excluding carboxylic acids is 1. The van der Waals surface area contributed by atoms with Crippen molar-refractivity contribution in [1.82, 2.24) is 10.2 Å². The number of hydrogen-bond donors (Lipinski definition) is 2. The van der Waals surface area contributed by atoms with Gasteiger partial charge in [0, 0.05) is 36.3 Å². The van der Waals surface area contributed by atoms with Crippen molar-refractivity contribution in [2.45, 2.75) is 58.0 Å². The molecule has 2 N–H and O–H groups in total. The minimum Gasteiger partial charge on any atom is -0.492 e. The summed E-state index contributed by atoms with van der Waals surface area (Å²) in [6.45, 7) is 8.68. The van der Waals surface area contributed by atoms with Crippen molar-refractivity contribution in [2.75, 3.05) is 31.6 Å². The first-order valence-corrected chi connectivity index (χ1v) is 12.3. The van der Waals surface area contributed by atoms with E-state index < -0.39 is 0 Å². The van der Waals surface area contributed by atoms with Crippen LogP contribution in [0.3, 0.4) is 0 Å². The van der Waals surface area contributed by atoms with Crippen LogP contribution in [0.4, 0.5) is 10.1 Å². The van der Waals surface area contributed by atoms with E-state index in [-0.39, 0.29) is 17.8 Å². The number of ether oxygens (including phenoxy) is 1. The van der Waals surface area contributed by atoms with Crippen LogP contribution >= 0.6 is 0 Å². The molecule has 3 aliphatic heterocycles. The zero-order valence-electron chi connectivity index (χ0n) is 19.6. The molecule has 0 spiro atoms. The van der Waals surface area contributed by atoms with Crippen LogP contribution in [0, 0.1) is 11.7 Å². The van der Waals surface area contributed by atoms with Gasteiger partial charge in [-0.3, -0.25) is 9.69 Å². The highest BCUT2D eigenvalue weighted by Gasteiger charge is 2.32. The highest BCUT2D eigenvalue weighted by molar-refractivity contribution is 6.00. The largest absolute Gasteiger partial charge is 0.492 e. The summed E-state index contributed by atoms with van der Waals surface area (Å²) in [5, 5.41) is 6.38. The van der Waals surface area contributed by atoms with Crippen LogP contribution in [-0.4, -0.2) is 43.1 Å². The van der Waals surface area contributed by atoms with Crippen LogP contribution in [0.25, 0.3) is 0 Å². The summed E-state index contributed by atoms with van der Waals surface area (Å²) in [6.07, 6.45) is 4.07. The lowest BCUT2D eigenvalue weighted by Gasteiger charge is -2.36. The lowest BCUT2D eigenvalue weighted by Crippen LogP contribution is -2.45. The molecule has 33 heavy (non-hydrogen) atoms. The Kier molecular flexibility index (Phi) is 6.28. The Bertz CT molecular complexity index is 1040. The predicted octanol–water partition coefficient (Wildman–Crippen LogP) is 4.71. The molecule has 2 aromatic carbocycles. The van der Waals surface area contributed by atoms with Gasteiger partial charge in [0.05, 0.1) is 5.56 Å². The van der Waals surface area contributed by atoms with Crippen molar-refractivity contribution >= 4 is 11.6 Å². The monoisotopic (exact) mass is 451 g/mol. The van der Waals surface area contributed by atoms with Gasteiger partial charge in [-0.2, -0.15) is 0 Å². The topological polar surface area (TPSA) is 53.6 Å². The molecule has 176 valence electrons. The second-order valence-corrected chi connectivity index (χ2v) is 10.1. The molecule has 6 heteroatoms. The summed E-state index contributed by atoms with van der Waals surface area (Å²) in [5.41, 5.74) is 5.16. The minimum absolute atomic E-state index is 0.0273. The summed E-state index contributed by atoms with van der Waals surface area (Å²) < 4.78 is 19.9. The summed E-state index contributed by atoms with van der Waals surface area (Å²) >= 11 is 0. The number of benzene rings is 2. The average molecular weight is 452 g/mol. The molecule has 5 nitrogen and oxygen atoms in total. The Balaban J connectivity index is 1.27. The van der Waals surface area contributed by atoms with Crippen LogP contribution in [0.1, 0.15) is 66.1 Å². The Morgan fingerprint density at radius 1 is 1.18 bits per heavy atom. The molecule has 0 aromatic heterocycles. The number of fused-ring (bicyclic) bond motifs is 4. The van der Waals surface area contributed by atoms with Gasteiger partial charge in [-0.1, -0.05) is 19.9 Å². The molecule has 0 bridgehead atoms. The van der Waals surface area contributed by atoms with E-state index in [0.29, 0.717) is 25.0 Å². The van der Waals surface area contributed by atoms with E-state index in [1.54, 1.807) is 6.07 Å². The molecule has 5 rings (SSSR count). The van der Waals surface area contributed by atoms with Crippen LogP contribution in [0.5, 0.6) is 5.75 Å². The van der Waals surface area contributed by atoms with Gasteiger partial charge < -0.3 is 15.4 Å². The maximum atomic E-state index is 13.8. The third kappa shape index (κ3) is 4.58. The Hall–Kier alpha value is -2.60. The van der Waals surface area contributed by atoms with E-state index >= 15 is 0 Å². The van der Waals surface area contributed by atoms with Gasteiger partial charge in [-0.05, 0) is 80.1 Å². The molecule has 0 saturated heterocycles. The van der Waals surface area contributed by atoms with Gasteiger partial charge in [0.1, 0.15) is 18.2 Å². The van der Waals surface area contributed by atoms with Crippen molar-refractivity contribution in [3.8, 4) is 5.75 Å². The van der Waals surface area contributed by atoms with Gasteiger partial charge >= 0.3 is 0 Å². The summed E-state index contributed by atoms with van der Waals surface area (Å²) in [4.78, 5) is 15.0. The third-order valence-corrected chi connectivity index (χ3v) is 7.39. The first-order chi connectivity index (χ1) is 16.0. The molecular weight excluding hydrogens is 417 g/mol. The maximum Gasteiger partial charge on any atom is 0.252 e. The number of anilines is 1. The molecule has 3 heterocycles. The Morgan fingerprint density at radius 2 is 2.06 bits per heavy atom. The molecule has 0 saturated carbocycles. The number of rotatable bonds is 8. The smallest absolute Gasteiger partial charge is 0.252 e. The minimum atomic E-state index is -0.157. The zero-order valence-corrected chi connectivity index (χ0v) is 19.6. The molecule has 2 aromatic rings. The van der Waals surface area contributed by atoms with E-state index in [0.717, 1.165) is 79.0 Å². The van der Waals surface area contributed by atoms with Gasteiger partial charge in [-0.25, -0.2) is 4.39 Å². The molecule has 2 atom stereocenters. The molecule has 1 amide bonds. The number of carbonyl (C=O) groups is 1. The van der Waals surface area contributed by atoms with E-state index in [4.69, 9.17) is 4.74 Å². The van der Waals surface area contributed by atoms with Crippen molar-refractivity contribution in [1.29, 1.82) is 0 Å². The Morgan fingerprint density at radius 3 is 2.91 bits per heavy atom. The molecule has 0 aliphatic carbocycles. The number of hydrogen-bond acceptors (Lipinski definition) is 4. The van der Waals surface area contributed by atoms with Crippen LogP contribution in [0.15, 0.2) is 30.3 Å². The lowest BCUT2D eigenvalue weighted by molar-refractivity contribution is 0.0954. The quantitative estimate of drug-likeness (QED) is 0.610. The third-order valence-electron chi connectivity index (χ3n) is 7.39. The molecule has 2 unspecified atom stereocenters. The molecular formula is C27H34FN3O2. The zero-order chi connectivity index (χ0) is 22.9. The van der Waals surface area contributed by atoms with Gasteiger partial charge in [0.15, 0.2) is 0 Å². The highest BCUT2D eigenvalue weighted by atomic mass is 19.1. The van der Waals surface area contributed by atoms with Crippen molar-refractivity contribution in [2.24, 2.45) is 5.92 Å². The fourth-order valence-corrected chi connectivity index (χ4v) is 5.50. The predicted molar refractivity (Wildman–Crippen MR) is 128 cm³/mol. The van der Waals surface area contributed by atoms with Gasteiger partial charge in [0.25, 0.3) is 5.91 Å². The van der Waals surface area contributed by atoms with E-state index in [1.807, 2.05) is 18.2 Å². The van der Waals surface area contributed by atoms with Gasteiger partial charge in [0.2, 0.25) is 0 Å². The SMILES string of the molecule is CC(C)CCN(CCCC1CNc2ccc(F)cc21)C1COc2ccc3c(c2C1)C(=O)NC3. The maximum absolute atomic E-state index is 13.8. The first kappa shape index (κ1) is 22.2. The fourth-order valence-electron chi connectivity index (χ4n) is 5.50. The standard InChI is InChI=1S/C27H34FN3O2/c1-17(2)9-11-31(10-3-4-18-14-29-24-7-6-20(28)12-22(18)24)21-13-23-25(33-16-21)8-5-19-15-30-27(32)26(19)23/h5-8,12,17-18,21,29H,3-4,9-11,13-16H2,1-2H3,(H,30,32). The van der Waals surface area contributed by atoms with Crippen LogP contribution in [0.2, 0.25) is 0 Å². The lowest BCUT2D eigenvalue weighted by atomic mass is 9.93. The Labute approximate surface area is 195 Å². The normalized spacial score (nSPS) is 20.8. The second kappa shape index (κ2) is 9.34. The number of nitrogens with one attached hydrogen (secondary N) is 2. The van der Waals surface area contributed by atoms with Crippen LogP contribution in [-0.2, 0) is 13.0 Å². The number of amides is 1. The highest BCUT2D eigenvalue weighted by Crippen LogP contribution is 2.36. The van der Waals surface area contributed by atoms with Gasteiger partial charge in [-0.15, -0.1) is 0 Å². The first-order valence-electron chi connectivity index (χ1n) is 12.3. The van der Waals surface area contributed by atoms with E-state index in [2.05, 4.69) is 29.4 Å². The van der Waals surface area contributed by atoms with Crippen molar-refractivity contribution in [3.05, 3.63) is 58.4 Å². The fraction of sp³-hybridized carbons (Fsp3) is 0.519. The summed E-state index contributed by atoms with van der Waals surface area (Å²) in [7, 11) is 0. The van der Waals surface area contributed by atoms with E-state index in [1.165, 1.54) is 6.07 Å².